The number of carbonyl (C=O) groups is 1. The van der Waals surface area contributed by atoms with Crippen LogP contribution in [0.2, 0.25) is 0 Å². The Balaban J connectivity index is 1.39. The standard InChI is InChI=1S/C22H30N6O3S/c1-26-15-12-23-20(26)10-11-24-22(29)9-8-21-25-18-16-17(6-7-19(18)27(21)2)32(30,31)28-13-4-3-5-14-28/h6-7,12,15-16H,3-5,8-11,13-14H2,1-2H3,(H,24,29). The van der Waals surface area contributed by atoms with Crippen LogP contribution in [-0.2, 0) is 41.8 Å². The first-order valence-corrected chi connectivity index (χ1v) is 12.5. The fourth-order valence-corrected chi connectivity index (χ4v) is 5.67. The summed E-state index contributed by atoms with van der Waals surface area (Å²) >= 11 is 0. The number of aromatic nitrogens is 4. The number of carbonyl (C=O) groups excluding carboxylic acids is 1. The van der Waals surface area contributed by atoms with Gasteiger partial charge in [-0.15, -0.1) is 0 Å². The van der Waals surface area contributed by atoms with Gasteiger partial charge in [0.25, 0.3) is 0 Å². The van der Waals surface area contributed by atoms with E-state index in [4.69, 9.17) is 0 Å². The zero-order valence-corrected chi connectivity index (χ0v) is 19.4. The molecule has 172 valence electrons. The molecule has 1 amide bonds. The van der Waals surface area contributed by atoms with Gasteiger partial charge in [-0.05, 0) is 31.0 Å². The molecule has 9 nitrogen and oxygen atoms in total. The minimum atomic E-state index is -3.50. The van der Waals surface area contributed by atoms with Gasteiger partial charge in [0.2, 0.25) is 15.9 Å². The monoisotopic (exact) mass is 458 g/mol. The number of sulfonamides is 1. The van der Waals surface area contributed by atoms with Crippen LogP contribution in [-0.4, -0.2) is 57.4 Å². The first kappa shape index (κ1) is 22.5. The van der Waals surface area contributed by atoms with E-state index in [1.54, 1.807) is 28.7 Å². The third kappa shape index (κ3) is 4.71. The predicted octanol–water partition coefficient (Wildman–Crippen LogP) is 1.77. The number of rotatable bonds is 8. The first-order valence-electron chi connectivity index (χ1n) is 11.0. The fraction of sp³-hybridized carbons (Fsp3) is 0.500. The van der Waals surface area contributed by atoms with E-state index in [0.29, 0.717) is 44.4 Å². The van der Waals surface area contributed by atoms with Crippen molar-refractivity contribution in [3.8, 4) is 0 Å². The number of fused-ring (bicyclic) bond motifs is 1. The number of hydrogen-bond donors (Lipinski definition) is 1. The topological polar surface area (TPSA) is 102 Å². The lowest BCUT2D eigenvalue weighted by Crippen LogP contribution is -2.35. The number of amides is 1. The van der Waals surface area contributed by atoms with Crippen LogP contribution >= 0.6 is 0 Å². The summed E-state index contributed by atoms with van der Waals surface area (Å²) in [6.07, 6.45) is 7.97. The average molecular weight is 459 g/mol. The fourth-order valence-electron chi connectivity index (χ4n) is 4.13. The Kier molecular flexibility index (Phi) is 6.61. The molecular formula is C22H30N6O3S. The lowest BCUT2D eigenvalue weighted by molar-refractivity contribution is -0.121. The van der Waals surface area contributed by atoms with Crippen molar-refractivity contribution in [1.29, 1.82) is 0 Å². The molecule has 0 radical (unpaired) electrons. The molecule has 1 fully saturated rings. The van der Waals surface area contributed by atoms with Gasteiger partial charge in [0, 0.05) is 65.4 Å². The molecule has 1 aliphatic heterocycles. The maximum atomic E-state index is 13.0. The number of imidazole rings is 2. The summed E-state index contributed by atoms with van der Waals surface area (Å²) in [5.41, 5.74) is 1.49. The van der Waals surface area contributed by atoms with Gasteiger partial charge in [0.05, 0.1) is 15.9 Å². The number of nitrogens with one attached hydrogen (secondary N) is 1. The summed E-state index contributed by atoms with van der Waals surface area (Å²) in [6, 6.07) is 5.10. The Hall–Kier alpha value is -2.72. The highest BCUT2D eigenvalue weighted by molar-refractivity contribution is 7.89. The Bertz CT molecular complexity index is 1210. The third-order valence-electron chi connectivity index (χ3n) is 6.07. The lowest BCUT2D eigenvalue weighted by Gasteiger charge is -2.25. The Morgan fingerprint density at radius 2 is 1.88 bits per heavy atom. The van der Waals surface area contributed by atoms with Gasteiger partial charge in [-0.1, -0.05) is 6.42 Å². The van der Waals surface area contributed by atoms with Crippen LogP contribution in [0.1, 0.15) is 37.3 Å². The van der Waals surface area contributed by atoms with Crippen molar-refractivity contribution >= 4 is 27.0 Å². The second-order valence-electron chi connectivity index (χ2n) is 8.26. The predicted molar refractivity (Wildman–Crippen MR) is 122 cm³/mol. The number of benzene rings is 1. The minimum absolute atomic E-state index is 0.0420. The maximum absolute atomic E-state index is 13.0. The molecule has 1 N–H and O–H groups in total. The smallest absolute Gasteiger partial charge is 0.243 e. The highest BCUT2D eigenvalue weighted by atomic mass is 32.2. The molecule has 0 spiro atoms. The first-order chi connectivity index (χ1) is 15.4. The lowest BCUT2D eigenvalue weighted by atomic mass is 10.2. The molecule has 0 atom stereocenters. The van der Waals surface area contributed by atoms with Gasteiger partial charge < -0.3 is 14.5 Å². The van der Waals surface area contributed by atoms with Gasteiger partial charge in [0.1, 0.15) is 11.6 Å². The summed E-state index contributed by atoms with van der Waals surface area (Å²) in [5, 5.41) is 2.92. The Morgan fingerprint density at radius 3 is 2.59 bits per heavy atom. The largest absolute Gasteiger partial charge is 0.356 e. The van der Waals surface area contributed by atoms with Crippen LogP contribution in [0.15, 0.2) is 35.5 Å². The molecule has 4 rings (SSSR count). The molecule has 3 aromatic rings. The second-order valence-corrected chi connectivity index (χ2v) is 10.2. The van der Waals surface area contributed by atoms with E-state index < -0.39 is 10.0 Å². The quantitative estimate of drug-likeness (QED) is 0.554. The molecule has 2 aromatic heterocycles. The van der Waals surface area contributed by atoms with Crippen molar-refractivity contribution < 1.29 is 13.2 Å². The van der Waals surface area contributed by atoms with Crippen LogP contribution < -0.4 is 5.32 Å². The number of hydrogen-bond acceptors (Lipinski definition) is 5. The van der Waals surface area contributed by atoms with Crippen molar-refractivity contribution in [1.82, 2.24) is 28.7 Å². The van der Waals surface area contributed by atoms with Gasteiger partial charge in [0.15, 0.2) is 0 Å². The molecule has 1 saturated heterocycles. The van der Waals surface area contributed by atoms with Crippen molar-refractivity contribution in [2.45, 2.75) is 43.4 Å². The van der Waals surface area contributed by atoms with E-state index in [-0.39, 0.29) is 10.8 Å². The van der Waals surface area contributed by atoms with Crippen molar-refractivity contribution in [3.05, 3.63) is 42.2 Å². The van der Waals surface area contributed by atoms with Crippen molar-refractivity contribution in [2.24, 2.45) is 14.1 Å². The molecule has 0 unspecified atom stereocenters. The normalized spacial score (nSPS) is 15.3. The highest BCUT2D eigenvalue weighted by Crippen LogP contribution is 2.24. The zero-order valence-electron chi connectivity index (χ0n) is 18.6. The molecular weight excluding hydrogens is 428 g/mol. The molecule has 1 aliphatic rings. The summed E-state index contributed by atoms with van der Waals surface area (Å²) in [7, 11) is 0.319. The zero-order chi connectivity index (χ0) is 22.7. The summed E-state index contributed by atoms with van der Waals surface area (Å²) in [5.74, 6) is 1.64. The Morgan fingerprint density at radius 1 is 1.09 bits per heavy atom. The average Bonchev–Trinajstić information content (AvgIpc) is 3.35. The minimum Gasteiger partial charge on any atom is -0.356 e. The number of piperidine rings is 1. The van der Waals surface area contributed by atoms with Gasteiger partial charge in [-0.3, -0.25) is 4.79 Å². The molecule has 10 heteroatoms. The van der Waals surface area contributed by atoms with Crippen LogP contribution in [0.25, 0.3) is 11.0 Å². The Labute approximate surface area is 188 Å². The molecule has 0 aliphatic carbocycles. The molecule has 0 bridgehead atoms. The summed E-state index contributed by atoms with van der Waals surface area (Å²) in [4.78, 5) is 21.4. The van der Waals surface area contributed by atoms with E-state index in [0.717, 1.165) is 36.4 Å². The van der Waals surface area contributed by atoms with Crippen LogP contribution in [0.3, 0.4) is 0 Å². The van der Waals surface area contributed by atoms with E-state index in [1.807, 2.05) is 29.4 Å². The van der Waals surface area contributed by atoms with Gasteiger partial charge in [-0.25, -0.2) is 18.4 Å². The summed E-state index contributed by atoms with van der Waals surface area (Å²) in [6.45, 7) is 1.68. The van der Waals surface area contributed by atoms with E-state index >= 15 is 0 Å². The van der Waals surface area contributed by atoms with Crippen molar-refractivity contribution in [2.75, 3.05) is 19.6 Å². The second kappa shape index (κ2) is 9.41. The van der Waals surface area contributed by atoms with E-state index in [9.17, 15) is 13.2 Å². The van der Waals surface area contributed by atoms with Gasteiger partial charge in [-0.2, -0.15) is 4.31 Å². The van der Waals surface area contributed by atoms with Crippen LogP contribution in [0, 0.1) is 0 Å². The molecule has 3 heterocycles. The van der Waals surface area contributed by atoms with Crippen LogP contribution in [0.5, 0.6) is 0 Å². The van der Waals surface area contributed by atoms with Crippen molar-refractivity contribution in [3.63, 3.8) is 0 Å². The molecule has 32 heavy (non-hydrogen) atoms. The number of nitrogens with zero attached hydrogens (tertiary/aromatic N) is 5. The maximum Gasteiger partial charge on any atom is 0.243 e. The number of aryl methyl sites for hydroxylation is 3. The van der Waals surface area contributed by atoms with Crippen LogP contribution in [0.4, 0.5) is 0 Å². The van der Waals surface area contributed by atoms with Gasteiger partial charge >= 0.3 is 0 Å². The highest BCUT2D eigenvalue weighted by Gasteiger charge is 2.26. The molecule has 1 aromatic carbocycles. The summed E-state index contributed by atoms with van der Waals surface area (Å²) < 4.78 is 31.4. The SMILES string of the molecule is Cn1ccnc1CCNC(=O)CCc1nc2cc(S(=O)(=O)N3CCCCC3)ccc2n1C. The van der Waals surface area contributed by atoms with E-state index in [1.165, 1.54) is 0 Å². The molecule has 0 saturated carbocycles. The third-order valence-corrected chi connectivity index (χ3v) is 7.96. The van der Waals surface area contributed by atoms with E-state index in [2.05, 4.69) is 15.3 Å².